The molecule has 8 nitrogen and oxygen atoms in total. The number of hydrogen-bond acceptors (Lipinski definition) is 7. The van der Waals surface area contributed by atoms with Crippen molar-refractivity contribution >= 4 is 28.7 Å². The molecule has 2 aromatic carbocycles. The Bertz CT molecular complexity index is 1220. The minimum absolute atomic E-state index is 0.116. The van der Waals surface area contributed by atoms with Gasteiger partial charge in [0.25, 0.3) is 0 Å². The molecule has 160 valence electrons. The van der Waals surface area contributed by atoms with Crippen LogP contribution in [0.3, 0.4) is 0 Å². The van der Waals surface area contributed by atoms with Gasteiger partial charge in [-0.25, -0.2) is 9.48 Å². The highest BCUT2D eigenvalue weighted by Crippen LogP contribution is 2.28. The van der Waals surface area contributed by atoms with E-state index in [0.29, 0.717) is 30.2 Å². The van der Waals surface area contributed by atoms with Crippen LogP contribution in [-0.2, 0) is 13.0 Å². The third-order valence-electron chi connectivity index (χ3n) is 4.82. The van der Waals surface area contributed by atoms with Gasteiger partial charge in [0.2, 0.25) is 5.88 Å². The molecule has 4 aromatic rings. The Morgan fingerprint density at radius 2 is 1.97 bits per heavy atom. The van der Waals surface area contributed by atoms with E-state index in [1.807, 2.05) is 49.4 Å². The third kappa shape index (κ3) is 4.51. The zero-order valence-electron chi connectivity index (χ0n) is 17.2. The van der Waals surface area contributed by atoms with Crippen LogP contribution in [0.25, 0.3) is 11.0 Å². The van der Waals surface area contributed by atoms with Crippen LogP contribution in [0.15, 0.2) is 42.5 Å². The first-order valence-corrected chi connectivity index (χ1v) is 10.6. The summed E-state index contributed by atoms with van der Waals surface area (Å²) in [5.41, 5.74) is 4.08. The van der Waals surface area contributed by atoms with Crippen molar-refractivity contribution in [3.8, 4) is 11.6 Å². The molecule has 0 amide bonds. The average molecular weight is 439 g/mol. The third-order valence-corrected chi connectivity index (χ3v) is 5.38. The summed E-state index contributed by atoms with van der Waals surface area (Å²) < 4.78 is 21.1. The number of benzene rings is 2. The van der Waals surface area contributed by atoms with Gasteiger partial charge >= 0.3 is 5.97 Å². The standard InChI is InChI=1S/C22H22N4O4S/c1-3-9-30-21-17(11-14-7-8-18-19(12-14)25-31-24-18)20(22(27)28)26(23-21)13-15-5-4-6-16(10-15)29-2/h4-8,10,12H,3,9,11,13H2,1-2H3,(H,27,28). The van der Waals surface area contributed by atoms with Crippen LogP contribution < -0.4 is 9.47 Å². The highest BCUT2D eigenvalue weighted by Gasteiger charge is 2.25. The second kappa shape index (κ2) is 9.13. The van der Waals surface area contributed by atoms with Gasteiger partial charge in [0, 0.05) is 6.42 Å². The second-order valence-corrected chi connectivity index (χ2v) is 7.59. The maximum atomic E-state index is 12.2. The number of aromatic nitrogens is 4. The Morgan fingerprint density at radius 3 is 2.74 bits per heavy atom. The molecule has 0 radical (unpaired) electrons. The van der Waals surface area contributed by atoms with E-state index in [1.54, 1.807) is 7.11 Å². The first-order chi connectivity index (χ1) is 15.1. The van der Waals surface area contributed by atoms with Gasteiger partial charge in [0.1, 0.15) is 16.8 Å². The quantitative estimate of drug-likeness (QED) is 0.421. The van der Waals surface area contributed by atoms with E-state index in [-0.39, 0.29) is 12.2 Å². The summed E-state index contributed by atoms with van der Waals surface area (Å²) in [6, 6.07) is 13.2. The van der Waals surface area contributed by atoms with Crippen LogP contribution in [0.2, 0.25) is 0 Å². The van der Waals surface area contributed by atoms with Gasteiger partial charge in [-0.15, -0.1) is 5.10 Å². The molecule has 9 heteroatoms. The van der Waals surface area contributed by atoms with E-state index in [1.165, 1.54) is 4.68 Å². The van der Waals surface area contributed by atoms with Crippen LogP contribution in [-0.4, -0.2) is 43.3 Å². The molecule has 0 saturated heterocycles. The van der Waals surface area contributed by atoms with Crippen LogP contribution in [0.1, 0.15) is 40.5 Å². The number of rotatable bonds is 9. The smallest absolute Gasteiger partial charge is 0.354 e. The Labute approximate surface area is 183 Å². The predicted octanol–water partition coefficient (Wildman–Crippen LogP) is 4.02. The van der Waals surface area contributed by atoms with Crippen LogP contribution in [0.4, 0.5) is 0 Å². The molecular formula is C22H22N4O4S. The number of aromatic carboxylic acids is 1. The van der Waals surface area contributed by atoms with Crippen molar-refractivity contribution in [1.29, 1.82) is 0 Å². The fourth-order valence-corrected chi connectivity index (χ4v) is 3.91. The Morgan fingerprint density at radius 1 is 1.13 bits per heavy atom. The highest BCUT2D eigenvalue weighted by molar-refractivity contribution is 7.00. The first kappa shape index (κ1) is 20.8. The van der Waals surface area contributed by atoms with Crippen molar-refractivity contribution in [1.82, 2.24) is 18.5 Å². The van der Waals surface area contributed by atoms with E-state index in [0.717, 1.165) is 40.3 Å². The number of nitrogens with zero attached hydrogens (tertiary/aromatic N) is 4. The molecule has 31 heavy (non-hydrogen) atoms. The Hall–Kier alpha value is -3.46. The lowest BCUT2D eigenvalue weighted by molar-refractivity contribution is 0.0683. The summed E-state index contributed by atoms with van der Waals surface area (Å²) in [6.45, 7) is 2.74. The minimum Gasteiger partial charge on any atom is -0.497 e. The van der Waals surface area contributed by atoms with E-state index in [4.69, 9.17) is 9.47 Å². The van der Waals surface area contributed by atoms with Gasteiger partial charge in [-0.2, -0.15) is 8.75 Å². The molecule has 0 saturated carbocycles. The molecule has 4 rings (SSSR count). The monoisotopic (exact) mass is 438 g/mol. The fraction of sp³-hybridized carbons (Fsp3) is 0.273. The van der Waals surface area contributed by atoms with E-state index in [2.05, 4.69) is 13.8 Å². The largest absolute Gasteiger partial charge is 0.497 e. The van der Waals surface area contributed by atoms with Gasteiger partial charge in [0.05, 0.1) is 37.6 Å². The summed E-state index contributed by atoms with van der Waals surface area (Å²) in [4.78, 5) is 12.2. The highest BCUT2D eigenvalue weighted by atomic mass is 32.1. The molecular weight excluding hydrogens is 416 g/mol. The lowest BCUT2D eigenvalue weighted by Gasteiger charge is -2.08. The summed E-state index contributed by atoms with van der Waals surface area (Å²) in [5.74, 6) is 0.00109. The van der Waals surface area contributed by atoms with Crippen molar-refractivity contribution in [3.05, 3.63) is 64.8 Å². The molecule has 0 atom stereocenters. The topological polar surface area (TPSA) is 99.4 Å². The molecule has 0 unspecified atom stereocenters. The van der Waals surface area contributed by atoms with Gasteiger partial charge in [-0.3, -0.25) is 0 Å². The lowest BCUT2D eigenvalue weighted by atomic mass is 10.0. The molecule has 2 aromatic heterocycles. The molecule has 0 aliphatic carbocycles. The molecule has 0 spiro atoms. The average Bonchev–Trinajstić information content (AvgIpc) is 3.36. The second-order valence-electron chi connectivity index (χ2n) is 7.06. The van der Waals surface area contributed by atoms with E-state index < -0.39 is 5.97 Å². The summed E-state index contributed by atoms with van der Waals surface area (Å²) in [6.07, 6.45) is 1.16. The van der Waals surface area contributed by atoms with Gasteiger partial charge in [-0.1, -0.05) is 25.1 Å². The number of ether oxygens (including phenoxy) is 2. The Balaban J connectivity index is 1.74. The van der Waals surface area contributed by atoms with Crippen LogP contribution in [0, 0.1) is 0 Å². The molecule has 0 aliphatic rings. The normalized spacial score (nSPS) is 11.0. The zero-order valence-corrected chi connectivity index (χ0v) is 18.1. The molecule has 0 aliphatic heterocycles. The number of carbonyl (C=O) groups is 1. The van der Waals surface area contributed by atoms with Crippen LogP contribution in [0.5, 0.6) is 11.6 Å². The molecule has 0 fully saturated rings. The Kier molecular flexibility index (Phi) is 6.13. The molecule has 1 N–H and O–H groups in total. The van der Waals surface area contributed by atoms with Gasteiger partial charge in [-0.05, 0) is 41.8 Å². The van der Waals surface area contributed by atoms with Gasteiger partial charge in [0.15, 0.2) is 5.69 Å². The number of carboxylic acid groups (broad SMARTS) is 1. The predicted molar refractivity (Wildman–Crippen MR) is 117 cm³/mol. The van der Waals surface area contributed by atoms with Crippen molar-refractivity contribution in [2.75, 3.05) is 13.7 Å². The van der Waals surface area contributed by atoms with Crippen molar-refractivity contribution in [2.24, 2.45) is 0 Å². The SMILES string of the molecule is CCCOc1nn(Cc2cccc(OC)c2)c(C(=O)O)c1Cc1ccc2nsnc2c1. The lowest BCUT2D eigenvalue weighted by Crippen LogP contribution is -2.13. The summed E-state index contributed by atoms with van der Waals surface area (Å²) >= 11 is 1.15. The van der Waals surface area contributed by atoms with Crippen LogP contribution >= 0.6 is 11.7 Å². The van der Waals surface area contributed by atoms with Crippen molar-refractivity contribution < 1.29 is 19.4 Å². The maximum Gasteiger partial charge on any atom is 0.354 e. The zero-order chi connectivity index (χ0) is 21.8. The van der Waals surface area contributed by atoms with E-state index in [9.17, 15) is 9.90 Å². The minimum atomic E-state index is -1.05. The number of methoxy groups -OCH3 is 1. The summed E-state index contributed by atoms with van der Waals surface area (Å²) in [7, 11) is 1.60. The van der Waals surface area contributed by atoms with E-state index >= 15 is 0 Å². The fourth-order valence-electron chi connectivity index (χ4n) is 3.39. The van der Waals surface area contributed by atoms with Crippen molar-refractivity contribution in [2.45, 2.75) is 26.3 Å². The van der Waals surface area contributed by atoms with Gasteiger partial charge < -0.3 is 14.6 Å². The summed E-state index contributed by atoms with van der Waals surface area (Å²) in [5, 5.41) is 14.5. The maximum absolute atomic E-state index is 12.2. The van der Waals surface area contributed by atoms with Crippen molar-refractivity contribution in [3.63, 3.8) is 0 Å². The first-order valence-electron chi connectivity index (χ1n) is 9.89. The number of hydrogen-bond donors (Lipinski definition) is 1. The molecule has 0 bridgehead atoms. The number of carboxylic acids is 1. The molecule has 2 heterocycles. The number of fused-ring (bicyclic) bond motifs is 1.